The molecule has 1 aliphatic rings. The van der Waals surface area contributed by atoms with Crippen molar-refractivity contribution in [2.45, 2.75) is 17.1 Å². The fourth-order valence-electron chi connectivity index (χ4n) is 1.62. The summed E-state index contributed by atoms with van der Waals surface area (Å²) in [7, 11) is -3.81. The van der Waals surface area contributed by atoms with Crippen LogP contribution in [0, 0.1) is 0 Å². The van der Waals surface area contributed by atoms with Gasteiger partial charge in [-0.05, 0) is 12.1 Å². The summed E-state index contributed by atoms with van der Waals surface area (Å²) < 4.78 is 53.0. The van der Waals surface area contributed by atoms with Crippen LogP contribution in [-0.2, 0) is 9.84 Å². The molecule has 0 radical (unpaired) electrons. The fraction of sp³-hybridized carbons (Fsp3) is 0.333. The van der Waals surface area contributed by atoms with Crippen LogP contribution in [0.2, 0.25) is 0 Å². The fourth-order valence-corrected chi connectivity index (χ4v) is 2.54. The molecule has 0 fully saturated rings. The number of aliphatic hydroxyl groups excluding tert-OH is 1. The number of aliphatic hydroxyl groups is 1. The third-order valence-electron chi connectivity index (χ3n) is 2.36. The molecule has 0 aliphatic carbocycles. The lowest BCUT2D eigenvalue weighted by atomic mass is 10.1. The minimum Gasteiger partial charge on any atom is -0.504 e. The van der Waals surface area contributed by atoms with Crippen molar-refractivity contribution in [2.24, 2.45) is 0 Å². The summed E-state index contributed by atoms with van der Waals surface area (Å²) in [6.07, 6.45) is -5.57. The molecule has 8 heteroatoms. The second kappa shape index (κ2) is 3.30. The van der Waals surface area contributed by atoms with Gasteiger partial charge in [0.15, 0.2) is 27.4 Å². The summed E-state index contributed by atoms with van der Waals surface area (Å²) >= 11 is 0. The predicted octanol–water partition coefficient (Wildman–Crippen LogP) is 0.814. The van der Waals surface area contributed by atoms with Gasteiger partial charge in [0.2, 0.25) is 0 Å². The smallest absolute Gasteiger partial charge is 0.429 e. The maximum Gasteiger partial charge on any atom is 0.429 e. The quantitative estimate of drug-likeness (QED) is 0.786. The summed E-state index contributed by atoms with van der Waals surface area (Å²) in [5.74, 6) is -1.35. The van der Waals surface area contributed by atoms with E-state index in [0.29, 0.717) is 0 Å². The highest BCUT2D eigenvalue weighted by Crippen LogP contribution is 2.51. The van der Waals surface area contributed by atoms with Crippen LogP contribution in [0.3, 0.4) is 0 Å². The van der Waals surface area contributed by atoms with Gasteiger partial charge in [-0.3, -0.25) is 0 Å². The first-order valence-electron chi connectivity index (χ1n) is 4.45. The number of fused-ring (bicyclic) bond motifs is 1. The Bertz CT molecular complexity index is 581. The molecule has 2 rings (SSSR count). The molecule has 0 saturated heterocycles. The van der Waals surface area contributed by atoms with Crippen LogP contribution in [0.4, 0.5) is 8.78 Å². The third-order valence-corrected chi connectivity index (χ3v) is 3.52. The topological polar surface area (TPSA) is 83.8 Å². The van der Waals surface area contributed by atoms with E-state index in [4.69, 9.17) is 0 Å². The average molecular weight is 266 g/mol. The van der Waals surface area contributed by atoms with E-state index in [9.17, 15) is 27.4 Å². The molecule has 0 bridgehead atoms. The van der Waals surface area contributed by atoms with E-state index in [0.717, 1.165) is 18.4 Å². The largest absolute Gasteiger partial charge is 0.504 e. The molecule has 0 unspecified atom stereocenters. The van der Waals surface area contributed by atoms with Crippen molar-refractivity contribution < 1.29 is 32.1 Å². The summed E-state index contributed by atoms with van der Waals surface area (Å²) in [4.78, 5) is -0.491. The Morgan fingerprint density at radius 3 is 2.53 bits per heavy atom. The molecule has 0 amide bonds. The predicted molar refractivity (Wildman–Crippen MR) is 51.8 cm³/mol. The zero-order valence-electron chi connectivity index (χ0n) is 8.52. The average Bonchev–Trinajstić information content (AvgIpc) is 2.39. The number of aromatic hydroxyl groups is 1. The molecule has 17 heavy (non-hydrogen) atoms. The monoisotopic (exact) mass is 266 g/mol. The van der Waals surface area contributed by atoms with Crippen LogP contribution in [0.15, 0.2) is 17.0 Å². The van der Waals surface area contributed by atoms with Gasteiger partial charge < -0.3 is 14.9 Å². The van der Waals surface area contributed by atoms with Crippen LogP contribution >= 0.6 is 0 Å². The molecule has 2 N–H and O–H groups in total. The van der Waals surface area contributed by atoms with E-state index in [1.165, 1.54) is 0 Å². The second-order valence-corrected chi connectivity index (χ2v) is 5.65. The normalized spacial score (nSPS) is 22.0. The third kappa shape index (κ3) is 1.73. The van der Waals surface area contributed by atoms with Crippen molar-refractivity contribution in [1.82, 2.24) is 0 Å². The molecule has 1 heterocycles. The van der Waals surface area contributed by atoms with Gasteiger partial charge in [0, 0.05) is 6.26 Å². The maximum absolute atomic E-state index is 13.1. The minimum atomic E-state index is -3.96. The molecule has 1 atom stereocenters. The first-order valence-corrected chi connectivity index (χ1v) is 6.34. The van der Waals surface area contributed by atoms with Gasteiger partial charge in [0.05, 0.1) is 10.5 Å². The Morgan fingerprint density at radius 2 is 2.00 bits per heavy atom. The maximum atomic E-state index is 13.1. The summed E-state index contributed by atoms with van der Waals surface area (Å²) in [6.45, 7) is 0. The lowest BCUT2D eigenvalue weighted by Crippen LogP contribution is -2.26. The Kier molecular flexibility index (Phi) is 2.34. The van der Waals surface area contributed by atoms with Gasteiger partial charge in [-0.1, -0.05) is 0 Å². The second-order valence-electron chi connectivity index (χ2n) is 3.66. The molecular formula is C9H8F2O5S. The van der Waals surface area contributed by atoms with E-state index < -0.39 is 44.0 Å². The Hall–Kier alpha value is -1.41. The van der Waals surface area contributed by atoms with Crippen LogP contribution in [0.1, 0.15) is 11.7 Å². The number of sulfone groups is 1. The molecule has 1 aliphatic heterocycles. The number of phenolic OH excluding ortho intramolecular Hbond substituents is 1. The highest BCUT2D eigenvalue weighted by molar-refractivity contribution is 7.90. The number of halogens is 2. The number of phenols is 1. The zero-order valence-corrected chi connectivity index (χ0v) is 9.33. The molecule has 0 spiro atoms. The Balaban J connectivity index is 2.77. The van der Waals surface area contributed by atoms with Crippen LogP contribution in [-0.4, -0.2) is 31.0 Å². The first kappa shape index (κ1) is 12.1. The number of hydrogen-bond donors (Lipinski definition) is 2. The van der Waals surface area contributed by atoms with Gasteiger partial charge in [0.1, 0.15) is 0 Å². The Morgan fingerprint density at radius 1 is 1.41 bits per heavy atom. The molecule has 0 aromatic heterocycles. The van der Waals surface area contributed by atoms with Crippen molar-refractivity contribution in [3.05, 3.63) is 17.7 Å². The molecule has 0 saturated carbocycles. The number of alkyl halides is 2. The van der Waals surface area contributed by atoms with Crippen molar-refractivity contribution in [2.75, 3.05) is 6.26 Å². The molecule has 94 valence electrons. The minimum absolute atomic E-state index is 0.491. The summed E-state index contributed by atoms with van der Waals surface area (Å²) in [5, 5.41) is 18.6. The van der Waals surface area contributed by atoms with Gasteiger partial charge in [-0.15, -0.1) is 0 Å². The van der Waals surface area contributed by atoms with E-state index in [1.54, 1.807) is 0 Å². The summed E-state index contributed by atoms with van der Waals surface area (Å²) in [6, 6.07) is 1.86. The highest BCUT2D eigenvalue weighted by Gasteiger charge is 2.53. The lowest BCUT2D eigenvalue weighted by Gasteiger charge is -2.12. The van der Waals surface area contributed by atoms with Gasteiger partial charge in [-0.2, -0.15) is 8.78 Å². The van der Waals surface area contributed by atoms with Crippen LogP contribution in [0.5, 0.6) is 11.5 Å². The van der Waals surface area contributed by atoms with Gasteiger partial charge in [0.25, 0.3) is 0 Å². The van der Waals surface area contributed by atoms with E-state index in [1.807, 2.05) is 0 Å². The van der Waals surface area contributed by atoms with E-state index in [-0.39, 0.29) is 0 Å². The molecule has 5 nitrogen and oxygen atoms in total. The van der Waals surface area contributed by atoms with Gasteiger partial charge >= 0.3 is 6.11 Å². The van der Waals surface area contributed by atoms with Crippen molar-refractivity contribution in [3.8, 4) is 11.5 Å². The summed E-state index contributed by atoms with van der Waals surface area (Å²) in [5.41, 5.74) is -0.613. The van der Waals surface area contributed by atoms with Gasteiger partial charge in [-0.25, -0.2) is 8.42 Å². The number of benzene rings is 1. The highest BCUT2D eigenvalue weighted by atomic mass is 32.2. The number of rotatable bonds is 1. The zero-order chi connectivity index (χ0) is 13.0. The molecule has 1 aromatic carbocycles. The van der Waals surface area contributed by atoms with Crippen LogP contribution in [0.25, 0.3) is 0 Å². The lowest BCUT2D eigenvalue weighted by molar-refractivity contribution is -0.224. The molecule has 1 aromatic rings. The number of hydrogen-bond acceptors (Lipinski definition) is 5. The number of ether oxygens (including phenoxy) is 1. The van der Waals surface area contributed by atoms with E-state index in [2.05, 4.69) is 4.74 Å². The molecular weight excluding hydrogens is 258 g/mol. The van der Waals surface area contributed by atoms with Crippen LogP contribution < -0.4 is 4.74 Å². The van der Waals surface area contributed by atoms with Crippen molar-refractivity contribution >= 4 is 9.84 Å². The standard InChI is InChI=1S/C9H8F2O5S/c1-17(14,15)5-3-2-4(12)7-6(5)8(13)9(10,11)16-7/h2-3,8,12-13H,1H3/t8-/m0/s1. The van der Waals surface area contributed by atoms with E-state index >= 15 is 0 Å². The van der Waals surface area contributed by atoms with Crippen molar-refractivity contribution in [1.29, 1.82) is 0 Å². The van der Waals surface area contributed by atoms with Crippen molar-refractivity contribution in [3.63, 3.8) is 0 Å². The first-order chi connectivity index (χ1) is 7.64. The SMILES string of the molecule is CS(=O)(=O)c1ccc(O)c2c1[C@H](O)C(F)(F)O2. The Labute approximate surface area is 95.2 Å².